The van der Waals surface area contributed by atoms with Crippen LogP contribution in [0.15, 0.2) is 79.1 Å². The van der Waals surface area contributed by atoms with Crippen LogP contribution in [0.3, 0.4) is 0 Å². The molecular weight excluding hydrogens is 605 g/mol. The van der Waals surface area contributed by atoms with Crippen molar-refractivity contribution in [3.8, 4) is 28.6 Å². The molecule has 2 aliphatic rings. The number of amides is 3. The van der Waals surface area contributed by atoms with Crippen LogP contribution in [0, 0.1) is 5.82 Å². The molecule has 0 spiro atoms. The summed E-state index contributed by atoms with van der Waals surface area (Å²) in [5.41, 5.74) is 1.90. The number of imidazole rings is 1. The second kappa shape index (κ2) is 14.8. The molecule has 0 saturated heterocycles. The number of fused-ring (bicyclic) bond motifs is 5. The molecular formula is C35H36FN5O6. The number of ether oxygens (including phenoxy) is 3. The third-order valence-electron chi connectivity index (χ3n) is 8.05. The number of nitrogens with one attached hydrogen (secondary N) is 1. The molecule has 2 bridgehead atoms. The molecule has 6 rings (SSSR count). The SMILES string of the molecule is O=C1COc2cc(C(=O)N3CCCCN(C(=O)COc4ccc(F)cc4)CCOc4cccc(c4)-c4nccn4CCC3)ccc2N1. The molecule has 0 saturated carbocycles. The quantitative estimate of drug-likeness (QED) is 0.346. The van der Waals surface area contributed by atoms with Gasteiger partial charge in [-0.1, -0.05) is 12.1 Å². The van der Waals surface area contributed by atoms with Crippen LogP contribution in [0.2, 0.25) is 0 Å². The van der Waals surface area contributed by atoms with Crippen LogP contribution in [0.5, 0.6) is 17.2 Å². The van der Waals surface area contributed by atoms with Crippen molar-refractivity contribution in [2.24, 2.45) is 0 Å². The summed E-state index contributed by atoms with van der Waals surface area (Å²) in [6.07, 6.45) is 5.67. The molecule has 244 valence electrons. The third-order valence-corrected chi connectivity index (χ3v) is 8.05. The molecule has 0 radical (unpaired) electrons. The van der Waals surface area contributed by atoms with Crippen molar-refractivity contribution in [3.63, 3.8) is 0 Å². The van der Waals surface area contributed by atoms with E-state index in [1.54, 1.807) is 29.3 Å². The van der Waals surface area contributed by atoms with E-state index in [1.165, 1.54) is 24.3 Å². The lowest BCUT2D eigenvalue weighted by Gasteiger charge is -2.26. The maximum atomic E-state index is 13.8. The van der Waals surface area contributed by atoms with Crippen molar-refractivity contribution in [1.82, 2.24) is 19.4 Å². The van der Waals surface area contributed by atoms with E-state index < -0.39 is 0 Å². The zero-order valence-corrected chi connectivity index (χ0v) is 25.9. The van der Waals surface area contributed by atoms with Gasteiger partial charge in [0.25, 0.3) is 17.7 Å². The van der Waals surface area contributed by atoms with Crippen molar-refractivity contribution in [2.45, 2.75) is 25.8 Å². The molecule has 0 atom stereocenters. The molecule has 0 fully saturated rings. The predicted octanol–water partition coefficient (Wildman–Crippen LogP) is 4.63. The first-order chi connectivity index (χ1) is 22.9. The first-order valence-electron chi connectivity index (χ1n) is 15.7. The molecule has 1 N–H and O–H groups in total. The molecule has 1 aromatic heterocycles. The highest BCUT2D eigenvalue weighted by atomic mass is 19.1. The number of aryl methyl sites for hydroxylation is 1. The number of carbonyl (C=O) groups is 3. The normalized spacial score (nSPS) is 15.6. The summed E-state index contributed by atoms with van der Waals surface area (Å²) in [6, 6.07) is 18.3. The lowest BCUT2D eigenvalue weighted by molar-refractivity contribution is -0.133. The van der Waals surface area contributed by atoms with Crippen LogP contribution >= 0.6 is 0 Å². The second-order valence-electron chi connectivity index (χ2n) is 11.3. The van der Waals surface area contributed by atoms with Gasteiger partial charge in [0, 0.05) is 49.7 Å². The van der Waals surface area contributed by atoms with Crippen LogP contribution in [0.1, 0.15) is 29.6 Å². The highest BCUT2D eigenvalue weighted by Gasteiger charge is 2.22. The van der Waals surface area contributed by atoms with E-state index in [4.69, 9.17) is 14.2 Å². The van der Waals surface area contributed by atoms with Gasteiger partial charge in [-0.05, 0) is 73.9 Å². The Labute approximate surface area is 271 Å². The lowest BCUT2D eigenvalue weighted by atomic mass is 10.1. The summed E-state index contributed by atoms with van der Waals surface area (Å²) in [4.78, 5) is 46.9. The molecule has 2 aliphatic heterocycles. The van der Waals surface area contributed by atoms with E-state index in [0.717, 1.165) is 11.4 Å². The maximum Gasteiger partial charge on any atom is 0.262 e. The second-order valence-corrected chi connectivity index (χ2v) is 11.3. The number of carbonyl (C=O) groups excluding carboxylic acids is 3. The summed E-state index contributed by atoms with van der Waals surface area (Å²) in [5.74, 6) is 1.35. The number of anilines is 1. The van der Waals surface area contributed by atoms with Gasteiger partial charge in [0.05, 0.1) is 12.2 Å². The number of hydrogen-bond donors (Lipinski definition) is 1. The van der Waals surface area contributed by atoms with Gasteiger partial charge in [-0.25, -0.2) is 9.37 Å². The molecule has 0 aliphatic carbocycles. The van der Waals surface area contributed by atoms with Gasteiger partial charge in [-0.15, -0.1) is 0 Å². The van der Waals surface area contributed by atoms with Gasteiger partial charge >= 0.3 is 0 Å². The Kier molecular flexibility index (Phi) is 9.95. The Hall–Kier alpha value is -5.39. The number of nitrogens with zero attached hydrogens (tertiary/aromatic N) is 4. The van der Waals surface area contributed by atoms with Gasteiger partial charge in [-0.2, -0.15) is 0 Å². The molecule has 3 heterocycles. The summed E-state index contributed by atoms with van der Waals surface area (Å²) >= 11 is 0. The van der Waals surface area contributed by atoms with Crippen LogP contribution in [-0.2, 0) is 16.1 Å². The van der Waals surface area contributed by atoms with Crippen molar-refractivity contribution in [1.29, 1.82) is 0 Å². The zero-order valence-electron chi connectivity index (χ0n) is 25.9. The molecule has 11 nitrogen and oxygen atoms in total. The number of hydrogen-bond acceptors (Lipinski definition) is 7. The minimum absolute atomic E-state index is 0.0975. The zero-order chi connectivity index (χ0) is 32.6. The minimum Gasteiger partial charge on any atom is -0.492 e. The Morgan fingerprint density at radius 2 is 1.70 bits per heavy atom. The minimum atomic E-state index is -0.383. The monoisotopic (exact) mass is 641 g/mol. The van der Waals surface area contributed by atoms with Gasteiger partial charge in [0.2, 0.25) is 0 Å². The topological polar surface area (TPSA) is 115 Å². The number of benzene rings is 3. The summed E-state index contributed by atoms with van der Waals surface area (Å²) in [7, 11) is 0. The van der Waals surface area contributed by atoms with E-state index in [1.807, 2.05) is 35.4 Å². The first-order valence-corrected chi connectivity index (χ1v) is 15.7. The fourth-order valence-electron chi connectivity index (χ4n) is 5.62. The van der Waals surface area contributed by atoms with Crippen molar-refractivity contribution in [3.05, 3.63) is 90.5 Å². The Morgan fingerprint density at radius 3 is 2.55 bits per heavy atom. The highest BCUT2D eigenvalue weighted by molar-refractivity contribution is 5.99. The Bertz CT molecular complexity index is 1730. The largest absolute Gasteiger partial charge is 0.492 e. The Balaban J connectivity index is 1.19. The molecule has 3 aromatic carbocycles. The van der Waals surface area contributed by atoms with E-state index >= 15 is 0 Å². The fourth-order valence-corrected chi connectivity index (χ4v) is 5.62. The highest BCUT2D eigenvalue weighted by Crippen LogP contribution is 2.29. The summed E-state index contributed by atoms with van der Waals surface area (Å²) < 4.78 is 32.6. The molecule has 4 aromatic rings. The van der Waals surface area contributed by atoms with Crippen molar-refractivity contribution in [2.75, 3.05) is 51.3 Å². The van der Waals surface area contributed by atoms with Gasteiger partial charge in [0.15, 0.2) is 13.2 Å². The van der Waals surface area contributed by atoms with Crippen LogP contribution in [0.4, 0.5) is 10.1 Å². The van der Waals surface area contributed by atoms with Gasteiger partial charge in [0.1, 0.15) is 35.5 Å². The lowest BCUT2D eigenvalue weighted by Crippen LogP contribution is -2.39. The summed E-state index contributed by atoms with van der Waals surface area (Å²) in [5, 5.41) is 2.76. The summed E-state index contributed by atoms with van der Waals surface area (Å²) in [6.45, 7) is 2.39. The predicted molar refractivity (Wildman–Crippen MR) is 172 cm³/mol. The average Bonchev–Trinajstić information content (AvgIpc) is 3.56. The average molecular weight is 642 g/mol. The molecule has 47 heavy (non-hydrogen) atoms. The number of rotatable bonds is 4. The third kappa shape index (κ3) is 8.07. The standard InChI is InChI=1S/C35H36FN5O6/c36-27-8-10-28(11-9-27)46-24-33(43)39-14-1-2-15-41(35(44)26-7-12-30-31(22-26)47-23-32(42)38-30)17-4-16-40-18-13-37-34(40)25-5-3-6-29(21-25)45-20-19-39/h3,5-13,18,21-22H,1-2,4,14-17,19-20,23-24H2,(H,38,42). The van der Waals surface area contributed by atoms with E-state index in [9.17, 15) is 18.8 Å². The maximum absolute atomic E-state index is 13.8. The number of aromatic nitrogens is 2. The van der Waals surface area contributed by atoms with E-state index in [2.05, 4.69) is 14.9 Å². The van der Waals surface area contributed by atoms with E-state index in [0.29, 0.717) is 80.5 Å². The first kappa shape index (κ1) is 31.6. The van der Waals surface area contributed by atoms with Crippen LogP contribution in [0.25, 0.3) is 11.4 Å². The molecule has 0 unspecified atom stereocenters. The van der Waals surface area contributed by atoms with Gasteiger partial charge < -0.3 is 33.9 Å². The van der Waals surface area contributed by atoms with Crippen molar-refractivity contribution >= 4 is 23.4 Å². The number of halogens is 1. The van der Waals surface area contributed by atoms with Crippen LogP contribution in [-0.4, -0.2) is 83.1 Å². The molecule has 3 amide bonds. The fraction of sp³-hybridized carbons (Fsp3) is 0.314. The van der Waals surface area contributed by atoms with Crippen molar-refractivity contribution < 1.29 is 33.0 Å². The van der Waals surface area contributed by atoms with Crippen LogP contribution < -0.4 is 19.5 Å². The smallest absolute Gasteiger partial charge is 0.262 e. The Morgan fingerprint density at radius 1 is 0.894 bits per heavy atom. The van der Waals surface area contributed by atoms with Gasteiger partial charge in [-0.3, -0.25) is 14.4 Å². The van der Waals surface area contributed by atoms with E-state index in [-0.39, 0.29) is 43.4 Å². The molecule has 12 heteroatoms.